The molecule has 0 heterocycles. The van der Waals surface area contributed by atoms with Gasteiger partial charge in [0, 0.05) is 35.7 Å². The summed E-state index contributed by atoms with van der Waals surface area (Å²) in [5.74, 6) is 1.72. The van der Waals surface area contributed by atoms with Gasteiger partial charge in [0.25, 0.3) is 0 Å². The molecule has 0 radical (unpaired) electrons. The summed E-state index contributed by atoms with van der Waals surface area (Å²) >= 11 is 3.23. The molecule has 10 heteroatoms. The van der Waals surface area contributed by atoms with Crippen molar-refractivity contribution in [1.29, 1.82) is 0 Å². The average molecular weight is 527 g/mol. The second-order valence-electron chi connectivity index (χ2n) is 7.18. The SMILES string of the molecule is CCOC(CN(C)C(=O)Nc1ccc(S(=O)(=O)c2cc(SCC)cc(SCC)c2)cc1)OCC. The summed E-state index contributed by atoms with van der Waals surface area (Å²) in [4.78, 5) is 16.3. The van der Waals surface area contributed by atoms with E-state index in [1.165, 1.54) is 17.0 Å². The third-order valence-electron chi connectivity index (χ3n) is 4.68. The number of urea groups is 1. The first-order valence-electron chi connectivity index (χ1n) is 11.3. The van der Waals surface area contributed by atoms with Crippen molar-refractivity contribution in [3.63, 3.8) is 0 Å². The van der Waals surface area contributed by atoms with Crippen molar-refractivity contribution in [1.82, 2.24) is 4.90 Å². The summed E-state index contributed by atoms with van der Waals surface area (Å²) < 4.78 is 37.5. The molecular formula is C24H34N2O5S3. The van der Waals surface area contributed by atoms with Gasteiger partial charge in [-0.2, -0.15) is 0 Å². The predicted octanol–water partition coefficient (Wildman–Crippen LogP) is 5.61. The van der Waals surface area contributed by atoms with E-state index in [-0.39, 0.29) is 22.4 Å². The van der Waals surface area contributed by atoms with E-state index in [0.29, 0.717) is 18.9 Å². The Morgan fingerprint density at radius 3 is 1.91 bits per heavy atom. The fourth-order valence-corrected chi connectivity index (χ4v) is 6.17. The average Bonchev–Trinajstić information content (AvgIpc) is 2.80. The highest BCUT2D eigenvalue weighted by molar-refractivity contribution is 8.00. The topological polar surface area (TPSA) is 84.9 Å². The van der Waals surface area contributed by atoms with Crippen molar-refractivity contribution in [2.75, 3.05) is 43.6 Å². The monoisotopic (exact) mass is 526 g/mol. The molecular weight excluding hydrogens is 492 g/mol. The van der Waals surface area contributed by atoms with Crippen LogP contribution in [-0.4, -0.2) is 64.0 Å². The van der Waals surface area contributed by atoms with Crippen LogP contribution in [0.5, 0.6) is 0 Å². The Morgan fingerprint density at radius 1 is 0.912 bits per heavy atom. The molecule has 0 saturated heterocycles. The van der Waals surface area contributed by atoms with Gasteiger partial charge in [-0.25, -0.2) is 13.2 Å². The molecule has 0 atom stereocenters. The van der Waals surface area contributed by atoms with Crippen molar-refractivity contribution in [3.05, 3.63) is 42.5 Å². The molecule has 2 rings (SSSR count). The summed E-state index contributed by atoms with van der Waals surface area (Å²) in [6.07, 6.45) is -0.504. The van der Waals surface area contributed by atoms with Crippen LogP contribution in [0.2, 0.25) is 0 Å². The first-order chi connectivity index (χ1) is 16.2. The number of likely N-dealkylation sites (N-methyl/N-ethyl adjacent to an activating group) is 1. The van der Waals surface area contributed by atoms with E-state index in [1.54, 1.807) is 54.8 Å². The maximum atomic E-state index is 13.3. The quantitative estimate of drug-likeness (QED) is 0.268. The largest absolute Gasteiger partial charge is 0.351 e. The first-order valence-corrected chi connectivity index (χ1v) is 14.7. The lowest BCUT2D eigenvalue weighted by Crippen LogP contribution is -2.39. The maximum Gasteiger partial charge on any atom is 0.321 e. The van der Waals surface area contributed by atoms with Crippen molar-refractivity contribution in [2.45, 2.75) is 53.6 Å². The lowest BCUT2D eigenvalue weighted by atomic mass is 10.3. The van der Waals surface area contributed by atoms with Crippen LogP contribution in [0.4, 0.5) is 10.5 Å². The number of amides is 2. The van der Waals surface area contributed by atoms with Crippen LogP contribution in [0.1, 0.15) is 27.7 Å². The minimum atomic E-state index is -3.69. The van der Waals surface area contributed by atoms with Gasteiger partial charge in [-0.15, -0.1) is 23.5 Å². The van der Waals surface area contributed by atoms with Crippen molar-refractivity contribution < 1.29 is 22.7 Å². The molecule has 0 saturated carbocycles. The highest BCUT2D eigenvalue weighted by Gasteiger charge is 2.20. The normalized spacial score (nSPS) is 11.6. The van der Waals surface area contributed by atoms with Crippen molar-refractivity contribution in [3.8, 4) is 0 Å². The Kier molecular flexibility index (Phi) is 11.7. The highest BCUT2D eigenvalue weighted by Crippen LogP contribution is 2.32. The van der Waals surface area contributed by atoms with Gasteiger partial charge < -0.3 is 19.7 Å². The van der Waals surface area contributed by atoms with Gasteiger partial charge in [0.2, 0.25) is 9.84 Å². The third kappa shape index (κ3) is 8.20. The van der Waals surface area contributed by atoms with E-state index in [9.17, 15) is 13.2 Å². The van der Waals surface area contributed by atoms with Gasteiger partial charge in [0.1, 0.15) is 0 Å². The highest BCUT2D eigenvalue weighted by atomic mass is 32.2. The minimum Gasteiger partial charge on any atom is -0.351 e. The van der Waals surface area contributed by atoms with E-state index in [1.807, 2.05) is 33.8 Å². The second kappa shape index (κ2) is 14.0. The number of benzene rings is 2. The molecule has 0 aliphatic rings. The molecule has 2 amide bonds. The molecule has 7 nitrogen and oxygen atoms in total. The number of ether oxygens (including phenoxy) is 2. The van der Waals surface area contributed by atoms with E-state index >= 15 is 0 Å². The molecule has 1 N–H and O–H groups in total. The molecule has 2 aromatic carbocycles. The number of hydrogen-bond acceptors (Lipinski definition) is 7. The minimum absolute atomic E-state index is 0.178. The van der Waals surface area contributed by atoms with Gasteiger partial charge in [-0.05, 0) is 67.8 Å². The Bertz CT molecular complexity index is 999. The number of carbonyl (C=O) groups excluding carboxylic acids is 1. The van der Waals surface area contributed by atoms with Crippen LogP contribution in [0, 0.1) is 0 Å². The Morgan fingerprint density at radius 2 is 1.44 bits per heavy atom. The molecule has 0 fully saturated rings. The Labute approximate surface area is 211 Å². The number of rotatable bonds is 13. The van der Waals surface area contributed by atoms with Crippen LogP contribution >= 0.6 is 23.5 Å². The summed E-state index contributed by atoms with van der Waals surface area (Å²) in [5.41, 5.74) is 0.498. The van der Waals surface area contributed by atoms with Gasteiger partial charge in [0.15, 0.2) is 6.29 Å². The molecule has 0 bridgehead atoms. The Hall–Kier alpha value is -1.72. The van der Waals surface area contributed by atoms with Crippen LogP contribution in [-0.2, 0) is 19.3 Å². The first kappa shape index (κ1) is 28.5. The zero-order valence-corrected chi connectivity index (χ0v) is 22.8. The molecule has 188 valence electrons. The lowest BCUT2D eigenvalue weighted by Gasteiger charge is -2.24. The molecule has 0 aliphatic carbocycles. The number of sulfone groups is 1. The van der Waals surface area contributed by atoms with Crippen LogP contribution in [0.25, 0.3) is 0 Å². The summed E-state index contributed by atoms with van der Waals surface area (Å²) in [7, 11) is -2.05. The number of thioether (sulfide) groups is 2. The summed E-state index contributed by atoms with van der Waals surface area (Å²) in [6.45, 7) is 9.04. The fraction of sp³-hybridized carbons (Fsp3) is 0.458. The molecule has 0 unspecified atom stereocenters. The standard InChI is InChI=1S/C24H34N2O5S3/c1-6-30-23(31-7-2)17-26(5)24(27)25-18-10-12-21(13-11-18)34(28,29)22-15-19(32-8-3)14-20(16-22)33-9-4/h10-16,23H,6-9,17H2,1-5H3,(H,25,27). The van der Waals surface area contributed by atoms with E-state index < -0.39 is 16.1 Å². The summed E-state index contributed by atoms with van der Waals surface area (Å²) in [6, 6.07) is 11.3. The number of nitrogens with zero attached hydrogens (tertiary/aromatic N) is 1. The van der Waals surface area contributed by atoms with Gasteiger partial charge in [-0.1, -0.05) is 13.8 Å². The Balaban J connectivity index is 2.16. The third-order valence-corrected chi connectivity index (χ3v) is 8.14. The van der Waals surface area contributed by atoms with E-state index in [0.717, 1.165) is 21.3 Å². The lowest BCUT2D eigenvalue weighted by molar-refractivity contribution is -0.141. The van der Waals surface area contributed by atoms with Gasteiger partial charge >= 0.3 is 6.03 Å². The van der Waals surface area contributed by atoms with Crippen LogP contribution in [0.3, 0.4) is 0 Å². The molecule has 0 aromatic heterocycles. The summed E-state index contributed by atoms with van der Waals surface area (Å²) in [5, 5.41) is 2.78. The van der Waals surface area contributed by atoms with Crippen molar-refractivity contribution >= 4 is 45.1 Å². The molecule has 2 aromatic rings. The number of carbonyl (C=O) groups is 1. The zero-order chi connectivity index (χ0) is 25.1. The van der Waals surface area contributed by atoms with E-state index in [2.05, 4.69) is 5.32 Å². The van der Waals surface area contributed by atoms with Crippen LogP contribution < -0.4 is 5.32 Å². The number of anilines is 1. The van der Waals surface area contributed by atoms with Gasteiger partial charge in [0.05, 0.1) is 16.3 Å². The van der Waals surface area contributed by atoms with Gasteiger partial charge in [-0.3, -0.25) is 0 Å². The zero-order valence-electron chi connectivity index (χ0n) is 20.4. The molecule has 34 heavy (non-hydrogen) atoms. The van der Waals surface area contributed by atoms with Crippen molar-refractivity contribution in [2.24, 2.45) is 0 Å². The van der Waals surface area contributed by atoms with Crippen LogP contribution in [0.15, 0.2) is 62.0 Å². The predicted molar refractivity (Wildman–Crippen MR) is 140 cm³/mol. The number of nitrogens with one attached hydrogen (secondary N) is 1. The number of hydrogen-bond donors (Lipinski definition) is 1. The smallest absolute Gasteiger partial charge is 0.321 e. The fourth-order valence-electron chi connectivity index (χ4n) is 3.11. The second-order valence-corrected chi connectivity index (χ2v) is 11.8. The van der Waals surface area contributed by atoms with E-state index in [4.69, 9.17) is 9.47 Å². The molecule has 0 aliphatic heterocycles. The molecule has 0 spiro atoms. The maximum absolute atomic E-state index is 13.3.